The van der Waals surface area contributed by atoms with Gasteiger partial charge in [-0.15, -0.1) is 0 Å². The highest BCUT2D eigenvalue weighted by Gasteiger charge is 2.57. The highest BCUT2D eigenvalue weighted by molar-refractivity contribution is 7.92. The van der Waals surface area contributed by atoms with E-state index in [0.29, 0.717) is 61.2 Å². The van der Waals surface area contributed by atoms with Crippen LogP contribution in [-0.2, 0) is 24.1 Å². The van der Waals surface area contributed by atoms with Crippen molar-refractivity contribution in [2.75, 3.05) is 35.7 Å². The zero-order valence-corrected chi connectivity index (χ0v) is 24.5. The van der Waals surface area contributed by atoms with Crippen LogP contribution in [0.2, 0.25) is 0 Å². The van der Waals surface area contributed by atoms with Crippen LogP contribution in [0, 0.1) is 0 Å². The lowest BCUT2D eigenvalue weighted by Crippen LogP contribution is -2.44. The van der Waals surface area contributed by atoms with Gasteiger partial charge in [-0.3, -0.25) is 5.32 Å². The fourth-order valence-electron chi connectivity index (χ4n) is 4.56. The minimum absolute atomic E-state index is 0.0664. The quantitative estimate of drug-likeness (QED) is 0.486. The first-order chi connectivity index (χ1) is 18.1. The fourth-order valence-corrected chi connectivity index (χ4v) is 6.86. The van der Waals surface area contributed by atoms with Gasteiger partial charge in [0.15, 0.2) is 15.7 Å². The Labute approximate surface area is 231 Å². The van der Waals surface area contributed by atoms with E-state index in [1.807, 2.05) is 6.92 Å². The maximum absolute atomic E-state index is 13.6. The highest BCUT2D eigenvalue weighted by atomic mass is 32.2. The lowest BCUT2D eigenvalue weighted by Gasteiger charge is -2.35. The molecule has 0 radical (unpaired) electrons. The van der Waals surface area contributed by atoms with Gasteiger partial charge in [0.05, 0.1) is 36.3 Å². The SMILES string of the molecule is C[C@H]1COCCN1c1cc(C2(S(=O)(=O)CCC(C)(C)O)CC2)nc(-c2ccc(NC(=O)OC(C)(C)C)cc2)n1. The Balaban J connectivity index is 1.69. The fraction of sp³-hybridized carbons (Fsp3) is 0.607. The molecule has 10 nitrogen and oxygen atoms in total. The van der Waals surface area contributed by atoms with Gasteiger partial charge >= 0.3 is 6.09 Å². The Bertz CT molecular complexity index is 1290. The third kappa shape index (κ3) is 7.06. The summed E-state index contributed by atoms with van der Waals surface area (Å²) in [5.41, 5.74) is 0.0336. The summed E-state index contributed by atoms with van der Waals surface area (Å²) in [6.45, 7) is 12.4. The summed E-state index contributed by atoms with van der Waals surface area (Å²) in [6.07, 6.45) is 0.557. The molecule has 2 heterocycles. The number of benzene rings is 1. The first-order valence-electron chi connectivity index (χ1n) is 13.4. The maximum atomic E-state index is 13.6. The standard InChI is InChI=1S/C28H40N4O6S/c1-19-18-37-15-14-32(19)23-17-22(28(11-12-28)39(35,36)16-13-27(5,6)34)30-24(31-23)20-7-9-21(10-8-20)29-25(33)38-26(2,3)4/h7-10,17,19,34H,11-16,18H2,1-6H3,(H,29,33)/t19-/m0/s1. The van der Waals surface area contributed by atoms with Gasteiger partial charge in [-0.2, -0.15) is 0 Å². The van der Waals surface area contributed by atoms with Crippen molar-refractivity contribution < 1.29 is 27.8 Å². The zero-order chi connectivity index (χ0) is 28.6. The summed E-state index contributed by atoms with van der Waals surface area (Å²) in [6, 6.07) is 8.93. The number of nitrogens with zero attached hydrogens (tertiary/aromatic N) is 3. The van der Waals surface area contributed by atoms with Crippen LogP contribution in [-0.4, -0.2) is 72.3 Å². The predicted molar refractivity (Wildman–Crippen MR) is 151 cm³/mol. The van der Waals surface area contributed by atoms with E-state index in [-0.39, 0.29) is 18.2 Å². The van der Waals surface area contributed by atoms with Crippen LogP contribution in [0.4, 0.5) is 16.3 Å². The Morgan fingerprint density at radius 2 is 1.85 bits per heavy atom. The van der Waals surface area contributed by atoms with Gasteiger partial charge in [-0.05, 0) is 85.1 Å². The van der Waals surface area contributed by atoms with Crippen LogP contribution >= 0.6 is 0 Å². The van der Waals surface area contributed by atoms with E-state index in [9.17, 15) is 18.3 Å². The Hall–Kier alpha value is -2.76. The molecule has 2 fully saturated rings. The molecule has 2 aliphatic rings. The molecular weight excluding hydrogens is 520 g/mol. The molecule has 4 rings (SSSR count). The number of carbonyl (C=O) groups is 1. The van der Waals surface area contributed by atoms with Crippen molar-refractivity contribution in [3.63, 3.8) is 0 Å². The summed E-state index contributed by atoms with van der Waals surface area (Å²) in [7, 11) is -3.59. The van der Waals surface area contributed by atoms with Gasteiger partial charge < -0.3 is 19.5 Å². The molecule has 0 spiro atoms. The van der Waals surface area contributed by atoms with E-state index in [1.165, 1.54) is 0 Å². The topological polar surface area (TPSA) is 131 Å². The van der Waals surface area contributed by atoms with Gasteiger partial charge in [0.1, 0.15) is 16.2 Å². The Morgan fingerprint density at radius 1 is 1.18 bits per heavy atom. The smallest absolute Gasteiger partial charge is 0.412 e. The number of aliphatic hydroxyl groups is 1. The van der Waals surface area contributed by atoms with Crippen LogP contribution in [0.3, 0.4) is 0 Å². The molecule has 1 atom stereocenters. The monoisotopic (exact) mass is 560 g/mol. The largest absolute Gasteiger partial charge is 0.444 e. The number of aromatic nitrogens is 2. The van der Waals surface area contributed by atoms with Crippen molar-refractivity contribution in [3.8, 4) is 11.4 Å². The van der Waals surface area contributed by atoms with E-state index in [0.717, 1.165) is 0 Å². The van der Waals surface area contributed by atoms with Gasteiger partial charge in [0.2, 0.25) is 0 Å². The van der Waals surface area contributed by atoms with E-state index >= 15 is 0 Å². The number of hydrogen-bond donors (Lipinski definition) is 2. The average Bonchev–Trinajstić information content (AvgIpc) is 3.65. The second-order valence-electron chi connectivity index (χ2n) is 12.1. The van der Waals surface area contributed by atoms with E-state index < -0.39 is 31.9 Å². The van der Waals surface area contributed by atoms with Gasteiger partial charge in [0, 0.05) is 23.9 Å². The number of morpholine rings is 1. The zero-order valence-electron chi connectivity index (χ0n) is 23.7. The van der Waals surface area contributed by atoms with Crippen LogP contribution in [0.25, 0.3) is 11.4 Å². The van der Waals surface area contributed by atoms with E-state index in [4.69, 9.17) is 19.4 Å². The molecule has 2 aromatic rings. The van der Waals surface area contributed by atoms with Crippen LogP contribution in [0.15, 0.2) is 30.3 Å². The molecule has 39 heavy (non-hydrogen) atoms. The number of rotatable bonds is 8. The van der Waals surface area contributed by atoms with Crippen LogP contribution in [0.5, 0.6) is 0 Å². The molecule has 214 valence electrons. The normalized spacial score (nSPS) is 19.5. The van der Waals surface area contributed by atoms with Gasteiger partial charge in [-0.25, -0.2) is 23.2 Å². The number of sulfone groups is 1. The second-order valence-corrected chi connectivity index (χ2v) is 14.6. The Morgan fingerprint density at radius 3 is 2.41 bits per heavy atom. The molecule has 1 aromatic carbocycles. The van der Waals surface area contributed by atoms with Crippen molar-refractivity contribution in [1.82, 2.24) is 9.97 Å². The molecule has 1 saturated heterocycles. The summed E-state index contributed by atoms with van der Waals surface area (Å²) in [5, 5.41) is 12.9. The molecule has 1 aliphatic carbocycles. The number of carbonyl (C=O) groups excluding carboxylic acids is 1. The minimum Gasteiger partial charge on any atom is -0.444 e. The summed E-state index contributed by atoms with van der Waals surface area (Å²) >= 11 is 0. The first-order valence-corrected chi connectivity index (χ1v) is 15.0. The molecule has 1 aliphatic heterocycles. The van der Waals surface area contributed by atoms with Crippen molar-refractivity contribution in [2.24, 2.45) is 0 Å². The summed E-state index contributed by atoms with van der Waals surface area (Å²) in [5.74, 6) is 0.948. The molecule has 0 unspecified atom stereocenters. The lowest BCUT2D eigenvalue weighted by atomic mass is 10.1. The number of amides is 1. The lowest BCUT2D eigenvalue weighted by molar-refractivity contribution is 0.0635. The third-order valence-corrected chi connectivity index (χ3v) is 9.46. The summed E-state index contributed by atoms with van der Waals surface area (Å²) in [4.78, 5) is 23.9. The van der Waals surface area contributed by atoms with Gasteiger partial charge in [0.25, 0.3) is 0 Å². The van der Waals surface area contributed by atoms with Crippen molar-refractivity contribution in [1.29, 1.82) is 0 Å². The second kappa shape index (κ2) is 10.7. The Kier molecular flexibility index (Phi) is 7.99. The molecular formula is C28H40N4O6S. The third-order valence-electron chi connectivity index (χ3n) is 6.91. The average molecular weight is 561 g/mol. The molecule has 11 heteroatoms. The number of nitrogens with one attached hydrogen (secondary N) is 1. The number of hydrogen-bond acceptors (Lipinski definition) is 9. The van der Waals surface area contributed by atoms with E-state index in [1.54, 1.807) is 65.0 Å². The minimum atomic E-state index is -3.59. The van der Waals surface area contributed by atoms with Crippen molar-refractivity contribution >= 4 is 27.4 Å². The van der Waals surface area contributed by atoms with Crippen LogP contribution < -0.4 is 10.2 Å². The molecule has 0 bridgehead atoms. The van der Waals surface area contributed by atoms with Crippen LogP contribution in [0.1, 0.15) is 66.5 Å². The summed E-state index contributed by atoms with van der Waals surface area (Å²) < 4.78 is 36.9. The molecule has 2 N–H and O–H groups in total. The first kappa shape index (κ1) is 29.2. The van der Waals surface area contributed by atoms with E-state index in [2.05, 4.69) is 10.2 Å². The molecule has 1 saturated carbocycles. The number of anilines is 2. The number of ether oxygens (including phenoxy) is 2. The van der Waals surface area contributed by atoms with Crippen molar-refractivity contribution in [2.45, 2.75) is 82.8 Å². The highest BCUT2D eigenvalue weighted by Crippen LogP contribution is 2.53. The molecule has 1 amide bonds. The maximum Gasteiger partial charge on any atom is 0.412 e. The predicted octanol–water partition coefficient (Wildman–Crippen LogP) is 4.28. The van der Waals surface area contributed by atoms with Crippen molar-refractivity contribution in [3.05, 3.63) is 36.0 Å². The van der Waals surface area contributed by atoms with Gasteiger partial charge in [-0.1, -0.05) is 0 Å². The molecule has 1 aromatic heterocycles.